The van der Waals surface area contributed by atoms with Crippen molar-refractivity contribution in [2.24, 2.45) is 0 Å². The van der Waals surface area contributed by atoms with Crippen molar-refractivity contribution in [1.29, 1.82) is 0 Å². The Kier molecular flexibility index (Phi) is 7.40. The number of esters is 1. The summed E-state index contributed by atoms with van der Waals surface area (Å²) in [5, 5.41) is 5.87. The number of hydrogen-bond acceptors (Lipinski definition) is 4. The number of carbonyl (C=O) groups is 3. The molecule has 0 unspecified atom stereocenters. The van der Waals surface area contributed by atoms with Crippen LogP contribution < -0.4 is 10.6 Å². The molecule has 2 amide bonds. The van der Waals surface area contributed by atoms with Crippen LogP contribution in [0.2, 0.25) is 10.0 Å². The number of benzene rings is 2. The van der Waals surface area contributed by atoms with E-state index in [0.717, 1.165) is 17.7 Å². The third kappa shape index (κ3) is 6.44. The van der Waals surface area contributed by atoms with E-state index in [4.69, 9.17) is 23.2 Å². The average Bonchev–Trinajstić information content (AvgIpc) is 2.67. The second kappa shape index (κ2) is 9.75. The van der Waals surface area contributed by atoms with Crippen LogP contribution in [0.3, 0.4) is 0 Å². The van der Waals surface area contributed by atoms with Crippen LogP contribution in [0.4, 0.5) is 5.69 Å². The number of amides is 2. The van der Waals surface area contributed by atoms with Crippen molar-refractivity contribution in [2.75, 3.05) is 12.4 Å². The Labute approximate surface area is 166 Å². The van der Waals surface area contributed by atoms with Crippen LogP contribution in [-0.4, -0.2) is 24.9 Å². The zero-order valence-electron chi connectivity index (χ0n) is 14.3. The summed E-state index contributed by atoms with van der Waals surface area (Å²) in [5.41, 5.74) is 1.57. The topological polar surface area (TPSA) is 84.5 Å². The number of halogens is 2. The largest absolute Gasteiger partial charge is 0.465 e. The van der Waals surface area contributed by atoms with Gasteiger partial charge in [-0.3, -0.25) is 9.59 Å². The molecular weight excluding hydrogens is 391 g/mol. The third-order valence-corrected chi connectivity index (χ3v) is 4.13. The maximum Gasteiger partial charge on any atom is 0.337 e. The monoisotopic (exact) mass is 406 g/mol. The van der Waals surface area contributed by atoms with Gasteiger partial charge in [-0.05, 0) is 35.9 Å². The highest BCUT2D eigenvalue weighted by Gasteiger charge is 2.06. The van der Waals surface area contributed by atoms with Gasteiger partial charge in [-0.1, -0.05) is 35.3 Å². The van der Waals surface area contributed by atoms with Gasteiger partial charge in [0.25, 0.3) is 0 Å². The van der Waals surface area contributed by atoms with Crippen molar-refractivity contribution < 1.29 is 19.1 Å². The fraction of sp³-hybridized carbons (Fsp3) is 0.105. The van der Waals surface area contributed by atoms with Gasteiger partial charge in [-0.2, -0.15) is 0 Å². The molecule has 0 fully saturated rings. The summed E-state index contributed by atoms with van der Waals surface area (Å²) in [6.45, 7) is 0.197. The number of carbonyl (C=O) groups excluding carboxylic acids is 3. The lowest BCUT2D eigenvalue weighted by Gasteiger charge is -2.05. The summed E-state index contributed by atoms with van der Waals surface area (Å²) in [5.74, 6) is -1.40. The number of methoxy groups -OCH3 is 1. The van der Waals surface area contributed by atoms with E-state index >= 15 is 0 Å². The maximum atomic E-state index is 11.8. The van der Waals surface area contributed by atoms with Crippen LogP contribution in [0.5, 0.6) is 0 Å². The summed E-state index contributed by atoms with van der Waals surface area (Å²) in [6.07, 6.45) is 2.21. The van der Waals surface area contributed by atoms with E-state index in [1.54, 1.807) is 36.4 Å². The smallest absolute Gasteiger partial charge is 0.337 e. The quantitative estimate of drug-likeness (QED) is 0.566. The van der Waals surface area contributed by atoms with Crippen molar-refractivity contribution >= 4 is 46.7 Å². The molecule has 8 heteroatoms. The van der Waals surface area contributed by atoms with E-state index in [0.29, 0.717) is 21.3 Å². The number of hydrogen-bond donors (Lipinski definition) is 2. The first-order chi connectivity index (χ1) is 12.9. The molecule has 0 aliphatic heterocycles. The molecule has 2 aromatic carbocycles. The number of anilines is 1. The molecule has 2 N–H and O–H groups in total. The van der Waals surface area contributed by atoms with Crippen molar-refractivity contribution in [3.63, 3.8) is 0 Å². The Bertz CT molecular complexity index is 897. The van der Waals surface area contributed by atoms with E-state index in [9.17, 15) is 14.4 Å². The molecule has 0 aromatic heterocycles. The normalized spacial score (nSPS) is 10.5. The van der Waals surface area contributed by atoms with Gasteiger partial charge < -0.3 is 15.4 Å². The lowest BCUT2D eigenvalue weighted by molar-refractivity contribution is -0.117. The zero-order valence-corrected chi connectivity index (χ0v) is 15.8. The van der Waals surface area contributed by atoms with Gasteiger partial charge in [-0.15, -0.1) is 0 Å². The molecule has 0 radical (unpaired) electrons. The summed E-state index contributed by atoms with van der Waals surface area (Å²) in [6, 6.07) is 11.3. The molecule has 0 saturated heterocycles. The van der Waals surface area contributed by atoms with E-state index in [1.165, 1.54) is 13.2 Å². The molecule has 0 spiro atoms. The molecule has 0 aliphatic carbocycles. The SMILES string of the molecule is COC(=O)c1cccc(CNC(=O)/C=C\C(=O)Nc2ccc(Cl)c(Cl)c2)c1. The van der Waals surface area contributed by atoms with Gasteiger partial charge in [0, 0.05) is 24.4 Å². The van der Waals surface area contributed by atoms with Crippen LogP contribution in [0, 0.1) is 0 Å². The van der Waals surface area contributed by atoms with Gasteiger partial charge >= 0.3 is 5.97 Å². The summed E-state index contributed by atoms with van der Waals surface area (Å²) in [7, 11) is 1.30. The predicted molar refractivity (Wildman–Crippen MR) is 104 cm³/mol. The van der Waals surface area contributed by atoms with Crippen molar-refractivity contribution in [3.05, 3.63) is 75.8 Å². The zero-order chi connectivity index (χ0) is 19.8. The number of nitrogens with one attached hydrogen (secondary N) is 2. The Morgan fingerprint density at radius 2 is 1.74 bits per heavy atom. The first-order valence-corrected chi connectivity index (χ1v) is 8.54. The van der Waals surface area contributed by atoms with Crippen LogP contribution in [0.15, 0.2) is 54.6 Å². The fourth-order valence-electron chi connectivity index (χ4n) is 2.08. The van der Waals surface area contributed by atoms with Crippen LogP contribution in [0.1, 0.15) is 15.9 Å². The second-order valence-electron chi connectivity index (χ2n) is 5.36. The Hall–Kier alpha value is -2.83. The van der Waals surface area contributed by atoms with Gasteiger partial charge in [0.15, 0.2) is 0 Å². The third-order valence-electron chi connectivity index (χ3n) is 3.39. The molecule has 6 nitrogen and oxygen atoms in total. The number of ether oxygens (including phenoxy) is 1. The first-order valence-electron chi connectivity index (χ1n) is 7.78. The minimum absolute atomic E-state index is 0.197. The highest BCUT2D eigenvalue weighted by molar-refractivity contribution is 6.42. The predicted octanol–water partition coefficient (Wildman–Crippen LogP) is 3.59. The molecule has 27 heavy (non-hydrogen) atoms. The molecule has 0 atom stereocenters. The molecular formula is C19H16Cl2N2O4. The fourth-order valence-corrected chi connectivity index (χ4v) is 2.38. The van der Waals surface area contributed by atoms with E-state index < -0.39 is 17.8 Å². The lowest BCUT2D eigenvalue weighted by atomic mass is 10.1. The van der Waals surface area contributed by atoms with E-state index in [2.05, 4.69) is 15.4 Å². The minimum atomic E-state index is -0.490. The van der Waals surface area contributed by atoms with E-state index in [1.807, 2.05) is 0 Å². The molecule has 2 aromatic rings. The van der Waals surface area contributed by atoms with Crippen molar-refractivity contribution in [3.8, 4) is 0 Å². The minimum Gasteiger partial charge on any atom is -0.465 e. The van der Waals surface area contributed by atoms with Gasteiger partial charge in [-0.25, -0.2) is 4.79 Å². The molecule has 0 bridgehead atoms. The summed E-state index contributed by atoms with van der Waals surface area (Å²) in [4.78, 5) is 35.2. The van der Waals surface area contributed by atoms with Gasteiger partial charge in [0.1, 0.15) is 0 Å². The van der Waals surface area contributed by atoms with Crippen molar-refractivity contribution in [1.82, 2.24) is 5.32 Å². The van der Waals surface area contributed by atoms with Crippen LogP contribution in [-0.2, 0) is 20.9 Å². The average molecular weight is 407 g/mol. The van der Waals surface area contributed by atoms with Crippen molar-refractivity contribution in [2.45, 2.75) is 6.54 Å². The summed E-state index contributed by atoms with van der Waals surface area (Å²) < 4.78 is 4.65. The van der Waals surface area contributed by atoms with E-state index in [-0.39, 0.29) is 6.54 Å². The highest BCUT2D eigenvalue weighted by Crippen LogP contribution is 2.24. The Morgan fingerprint density at radius 1 is 1.00 bits per heavy atom. The lowest BCUT2D eigenvalue weighted by Crippen LogP contribution is -2.21. The van der Waals surface area contributed by atoms with Crippen LogP contribution in [0.25, 0.3) is 0 Å². The highest BCUT2D eigenvalue weighted by atomic mass is 35.5. The maximum absolute atomic E-state index is 11.8. The van der Waals surface area contributed by atoms with Crippen LogP contribution >= 0.6 is 23.2 Å². The molecule has 0 heterocycles. The summed E-state index contributed by atoms with van der Waals surface area (Å²) >= 11 is 11.7. The standard InChI is InChI=1S/C19H16Cl2N2O4/c1-27-19(26)13-4-2-3-12(9-13)11-22-17(24)7-8-18(25)23-14-5-6-15(20)16(21)10-14/h2-10H,11H2,1H3,(H,22,24)(H,23,25)/b8-7-. The van der Waals surface area contributed by atoms with Gasteiger partial charge in [0.05, 0.1) is 22.7 Å². The number of rotatable bonds is 6. The molecule has 0 saturated carbocycles. The molecule has 0 aliphatic rings. The molecule has 140 valence electrons. The molecule has 2 rings (SSSR count). The Morgan fingerprint density at radius 3 is 2.44 bits per heavy atom. The Balaban J connectivity index is 1.86. The van der Waals surface area contributed by atoms with Gasteiger partial charge in [0.2, 0.25) is 11.8 Å². The first kappa shape index (κ1) is 20.5. The second-order valence-corrected chi connectivity index (χ2v) is 6.18.